The maximum Gasteiger partial charge on any atom is 0.262 e. The number of rotatable bonds is 9. The van der Waals surface area contributed by atoms with Gasteiger partial charge in [-0.25, -0.2) is 9.77 Å². The van der Waals surface area contributed by atoms with E-state index in [0.29, 0.717) is 28.6 Å². The van der Waals surface area contributed by atoms with E-state index in [2.05, 4.69) is 20.9 Å². The fourth-order valence-electron chi connectivity index (χ4n) is 3.35. The molecule has 0 atom stereocenters. The first-order chi connectivity index (χ1) is 16.5. The van der Waals surface area contributed by atoms with E-state index in [9.17, 15) is 4.79 Å². The molecule has 0 bridgehead atoms. The van der Waals surface area contributed by atoms with Crippen molar-refractivity contribution in [2.75, 3.05) is 24.5 Å². The summed E-state index contributed by atoms with van der Waals surface area (Å²) in [6.45, 7) is 2.37. The van der Waals surface area contributed by atoms with Crippen molar-refractivity contribution in [3.63, 3.8) is 0 Å². The van der Waals surface area contributed by atoms with E-state index in [1.165, 1.54) is 0 Å². The molecule has 174 valence electrons. The fourth-order valence-corrected chi connectivity index (χ4v) is 3.55. The van der Waals surface area contributed by atoms with Gasteiger partial charge < -0.3 is 20.2 Å². The van der Waals surface area contributed by atoms with Gasteiger partial charge in [-0.2, -0.15) is 5.10 Å². The molecule has 0 saturated carbocycles. The molecule has 4 rings (SSSR count). The first-order valence-electron chi connectivity index (χ1n) is 10.7. The number of hydrogen-bond acceptors (Lipinski definition) is 6. The van der Waals surface area contributed by atoms with E-state index < -0.39 is 0 Å². The third kappa shape index (κ3) is 5.62. The maximum atomic E-state index is 12.2. The van der Waals surface area contributed by atoms with Gasteiger partial charge in [0.2, 0.25) is 4.77 Å². The highest BCUT2D eigenvalue weighted by molar-refractivity contribution is 7.71. The first-order valence-corrected chi connectivity index (χ1v) is 11.1. The van der Waals surface area contributed by atoms with Crippen molar-refractivity contribution in [2.45, 2.75) is 13.5 Å². The molecule has 1 amide bonds. The number of H-pyrrole nitrogens is 1. The van der Waals surface area contributed by atoms with Gasteiger partial charge >= 0.3 is 0 Å². The second kappa shape index (κ2) is 10.7. The van der Waals surface area contributed by atoms with Crippen molar-refractivity contribution in [1.29, 1.82) is 0 Å². The predicted octanol–water partition coefficient (Wildman–Crippen LogP) is 4.69. The van der Waals surface area contributed by atoms with Crippen molar-refractivity contribution in [1.82, 2.24) is 14.9 Å². The van der Waals surface area contributed by atoms with E-state index in [1.807, 2.05) is 79.7 Å². The number of hydrogen-bond donors (Lipinski definition) is 3. The highest BCUT2D eigenvalue weighted by atomic mass is 32.1. The number of para-hydroxylation sites is 1. The lowest BCUT2D eigenvalue weighted by Crippen LogP contribution is -2.20. The van der Waals surface area contributed by atoms with E-state index in [0.717, 1.165) is 22.4 Å². The van der Waals surface area contributed by atoms with Crippen molar-refractivity contribution >= 4 is 23.8 Å². The lowest BCUT2D eigenvalue weighted by Gasteiger charge is -2.13. The maximum absolute atomic E-state index is 12.2. The molecule has 0 saturated heterocycles. The molecule has 1 aromatic heterocycles. The zero-order valence-corrected chi connectivity index (χ0v) is 19.7. The molecule has 8 nitrogen and oxygen atoms in total. The summed E-state index contributed by atoms with van der Waals surface area (Å²) in [5.74, 6) is 1.68. The number of nitrogens with zero attached hydrogens (tertiary/aromatic N) is 2. The van der Waals surface area contributed by atoms with Gasteiger partial charge in [-0.15, -0.1) is 0 Å². The van der Waals surface area contributed by atoms with Crippen LogP contribution in [-0.2, 0) is 11.3 Å². The van der Waals surface area contributed by atoms with Crippen molar-refractivity contribution in [2.24, 2.45) is 0 Å². The van der Waals surface area contributed by atoms with Gasteiger partial charge in [0.1, 0.15) is 11.5 Å². The molecule has 0 radical (unpaired) electrons. The number of nitrogens with one attached hydrogen (secondary N) is 3. The number of aromatic nitrogens is 3. The second-order valence-electron chi connectivity index (χ2n) is 7.57. The van der Waals surface area contributed by atoms with Crippen LogP contribution in [0, 0.1) is 11.7 Å². The van der Waals surface area contributed by atoms with Gasteiger partial charge in [-0.1, -0.05) is 42.0 Å². The number of benzene rings is 3. The van der Waals surface area contributed by atoms with Gasteiger partial charge in [-0.3, -0.25) is 4.79 Å². The standard InChI is InChI=1S/C25H25N5O3S/c1-17-10-12-19(13-11-17)27-23(31)16-33-20-7-5-6-18(14-20)15-26-30-24(28-29-25(30)34)21-8-3-4-9-22(21)32-2/h3-14,26H,15-16H2,1-2H3,(H,27,31)(H,29,34). The van der Waals surface area contributed by atoms with Gasteiger partial charge in [0.05, 0.1) is 19.2 Å². The molecule has 34 heavy (non-hydrogen) atoms. The first kappa shape index (κ1) is 23.1. The summed E-state index contributed by atoms with van der Waals surface area (Å²) in [4.78, 5) is 12.2. The highest BCUT2D eigenvalue weighted by Crippen LogP contribution is 2.27. The molecule has 0 aliphatic carbocycles. The molecule has 3 N–H and O–H groups in total. The number of anilines is 1. The lowest BCUT2D eigenvalue weighted by molar-refractivity contribution is -0.118. The zero-order chi connectivity index (χ0) is 23.9. The summed E-state index contributed by atoms with van der Waals surface area (Å²) in [6, 6.07) is 22.7. The Balaban J connectivity index is 1.39. The fraction of sp³-hybridized carbons (Fsp3) is 0.160. The van der Waals surface area contributed by atoms with Crippen LogP contribution in [0.25, 0.3) is 11.4 Å². The number of amides is 1. The minimum Gasteiger partial charge on any atom is -0.496 e. The Bertz CT molecular complexity index is 1330. The molecule has 9 heteroatoms. The minimum absolute atomic E-state index is 0.0878. The quantitative estimate of drug-likeness (QED) is 0.304. The largest absolute Gasteiger partial charge is 0.496 e. The normalized spacial score (nSPS) is 10.5. The molecule has 3 aromatic carbocycles. The van der Waals surface area contributed by atoms with Crippen LogP contribution in [0.4, 0.5) is 5.69 Å². The van der Waals surface area contributed by atoms with Crippen LogP contribution in [0.1, 0.15) is 11.1 Å². The zero-order valence-electron chi connectivity index (χ0n) is 18.9. The molecular formula is C25H25N5O3S. The number of methoxy groups -OCH3 is 1. The number of aromatic amines is 1. The topological polar surface area (TPSA) is 93.2 Å². The van der Waals surface area contributed by atoms with Crippen molar-refractivity contribution < 1.29 is 14.3 Å². The van der Waals surface area contributed by atoms with Crippen LogP contribution >= 0.6 is 12.2 Å². The van der Waals surface area contributed by atoms with Gasteiger partial charge in [0, 0.05) is 5.69 Å². The third-order valence-corrected chi connectivity index (χ3v) is 5.34. The summed E-state index contributed by atoms with van der Waals surface area (Å²) in [7, 11) is 1.62. The SMILES string of the molecule is COc1ccccc1-c1n[nH]c(=S)n1NCc1cccc(OCC(=O)Nc2ccc(C)cc2)c1. The Morgan fingerprint density at radius 1 is 1.09 bits per heavy atom. The Morgan fingerprint density at radius 2 is 1.88 bits per heavy atom. The predicted molar refractivity (Wildman–Crippen MR) is 134 cm³/mol. The van der Waals surface area contributed by atoms with Crippen molar-refractivity contribution in [3.8, 4) is 22.9 Å². The van der Waals surface area contributed by atoms with Crippen LogP contribution in [-0.4, -0.2) is 34.5 Å². The average molecular weight is 476 g/mol. The second-order valence-corrected chi connectivity index (χ2v) is 7.96. The van der Waals surface area contributed by atoms with E-state index in [4.69, 9.17) is 21.7 Å². The summed E-state index contributed by atoms with van der Waals surface area (Å²) in [5.41, 5.74) is 6.91. The Labute approximate surface area is 202 Å². The molecule has 4 aromatic rings. The van der Waals surface area contributed by atoms with Crippen LogP contribution < -0.4 is 20.2 Å². The number of aryl methyl sites for hydroxylation is 1. The van der Waals surface area contributed by atoms with Crippen LogP contribution in [0.2, 0.25) is 0 Å². The van der Waals surface area contributed by atoms with Crippen LogP contribution in [0.15, 0.2) is 72.8 Å². The van der Waals surface area contributed by atoms with E-state index in [-0.39, 0.29) is 12.5 Å². The van der Waals surface area contributed by atoms with Gasteiger partial charge in [0.15, 0.2) is 12.4 Å². The van der Waals surface area contributed by atoms with E-state index in [1.54, 1.807) is 11.8 Å². The molecule has 0 aliphatic heterocycles. The smallest absolute Gasteiger partial charge is 0.262 e. The summed E-state index contributed by atoms with van der Waals surface area (Å²) in [5, 5.41) is 9.99. The summed E-state index contributed by atoms with van der Waals surface area (Å²) >= 11 is 5.40. The summed E-state index contributed by atoms with van der Waals surface area (Å²) < 4.78 is 13.3. The van der Waals surface area contributed by atoms with Gasteiger partial charge in [-0.05, 0) is 61.1 Å². The lowest BCUT2D eigenvalue weighted by atomic mass is 10.2. The molecule has 0 aliphatic rings. The third-order valence-electron chi connectivity index (χ3n) is 5.07. The average Bonchev–Trinajstić information content (AvgIpc) is 3.23. The number of carbonyl (C=O) groups excluding carboxylic acids is 1. The number of carbonyl (C=O) groups is 1. The monoisotopic (exact) mass is 475 g/mol. The van der Waals surface area contributed by atoms with Crippen LogP contribution in [0.5, 0.6) is 11.5 Å². The number of ether oxygens (including phenoxy) is 2. The molecular weight excluding hydrogens is 450 g/mol. The van der Waals surface area contributed by atoms with E-state index >= 15 is 0 Å². The Morgan fingerprint density at radius 3 is 2.68 bits per heavy atom. The molecule has 0 unspecified atom stereocenters. The summed E-state index contributed by atoms with van der Waals surface area (Å²) in [6.07, 6.45) is 0. The van der Waals surface area contributed by atoms with Gasteiger partial charge in [0.25, 0.3) is 5.91 Å². The highest BCUT2D eigenvalue weighted by Gasteiger charge is 2.13. The molecule has 0 spiro atoms. The molecule has 0 fully saturated rings. The minimum atomic E-state index is -0.224. The Hall–Kier alpha value is -4.11. The van der Waals surface area contributed by atoms with Crippen molar-refractivity contribution in [3.05, 3.63) is 88.7 Å². The molecule has 1 heterocycles. The van der Waals surface area contributed by atoms with Crippen LogP contribution in [0.3, 0.4) is 0 Å². The Kier molecular flexibility index (Phi) is 7.24.